The summed E-state index contributed by atoms with van der Waals surface area (Å²) in [7, 11) is 0. The summed E-state index contributed by atoms with van der Waals surface area (Å²) in [4.78, 5) is 4.27. The molecule has 0 bridgehead atoms. The van der Waals surface area contributed by atoms with E-state index in [0.29, 0.717) is 0 Å². The van der Waals surface area contributed by atoms with Crippen LogP contribution in [0.25, 0.3) is 0 Å². The maximum absolute atomic E-state index is 4.56. The monoisotopic (exact) mass is 213 g/mol. The van der Waals surface area contributed by atoms with Gasteiger partial charge < -0.3 is 0 Å². The third-order valence-electron chi connectivity index (χ3n) is 2.52. The molecule has 16 heavy (non-hydrogen) atoms. The van der Waals surface area contributed by atoms with Crippen molar-refractivity contribution in [1.82, 2.24) is 9.66 Å². The Morgan fingerprint density at radius 3 is 2.38 bits per heavy atom. The lowest BCUT2D eigenvalue weighted by atomic mass is 10.3. The molecule has 0 aliphatic carbocycles. The highest BCUT2D eigenvalue weighted by Gasteiger charge is 2.02. The molecule has 3 nitrogen and oxygen atoms in total. The van der Waals surface area contributed by atoms with Crippen molar-refractivity contribution in [2.45, 2.75) is 20.8 Å². The van der Waals surface area contributed by atoms with E-state index in [0.717, 1.165) is 22.8 Å². The van der Waals surface area contributed by atoms with Gasteiger partial charge in [0, 0.05) is 17.6 Å². The van der Waals surface area contributed by atoms with E-state index >= 15 is 0 Å². The largest absolute Gasteiger partial charge is 0.255 e. The van der Waals surface area contributed by atoms with Gasteiger partial charge in [0.2, 0.25) is 0 Å². The molecule has 82 valence electrons. The minimum atomic E-state index is 0.912. The number of aryl methyl sites for hydroxylation is 2. The lowest BCUT2D eigenvalue weighted by molar-refractivity contribution is 0.811. The van der Waals surface area contributed by atoms with Crippen LogP contribution in [0.1, 0.15) is 24.0 Å². The molecule has 0 amide bonds. The maximum Gasteiger partial charge on any atom is 0.0859 e. The molecule has 3 heteroatoms. The number of hydrogen-bond donors (Lipinski definition) is 0. The van der Waals surface area contributed by atoms with E-state index in [1.165, 1.54) is 0 Å². The van der Waals surface area contributed by atoms with Gasteiger partial charge in [0.05, 0.1) is 11.4 Å². The van der Waals surface area contributed by atoms with E-state index in [1.807, 2.05) is 43.6 Å². The molecule has 0 atom stereocenters. The first-order chi connectivity index (χ1) is 7.68. The van der Waals surface area contributed by atoms with Crippen LogP contribution in [0.4, 0.5) is 0 Å². The first-order valence-corrected chi connectivity index (χ1v) is 5.30. The minimum Gasteiger partial charge on any atom is -0.255 e. The summed E-state index contributed by atoms with van der Waals surface area (Å²) in [5.74, 6) is 0. The molecule has 2 rings (SSSR count). The van der Waals surface area contributed by atoms with Crippen LogP contribution >= 0.6 is 0 Å². The van der Waals surface area contributed by atoms with Crippen molar-refractivity contribution in [2.24, 2.45) is 5.10 Å². The molecule has 0 radical (unpaired) electrons. The summed E-state index contributed by atoms with van der Waals surface area (Å²) >= 11 is 0. The van der Waals surface area contributed by atoms with Gasteiger partial charge in [0.15, 0.2) is 0 Å². The van der Waals surface area contributed by atoms with Crippen LogP contribution in [0.3, 0.4) is 0 Å². The zero-order chi connectivity index (χ0) is 11.5. The summed E-state index contributed by atoms with van der Waals surface area (Å²) in [6.45, 7) is 6.06. The molecule has 0 aromatic carbocycles. The van der Waals surface area contributed by atoms with Crippen LogP contribution in [0.2, 0.25) is 0 Å². The lowest BCUT2D eigenvalue weighted by Crippen LogP contribution is -2.03. The second kappa shape index (κ2) is 4.31. The van der Waals surface area contributed by atoms with Crippen LogP contribution in [-0.2, 0) is 0 Å². The van der Waals surface area contributed by atoms with Crippen LogP contribution < -0.4 is 0 Å². The zero-order valence-electron chi connectivity index (χ0n) is 9.81. The summed E-state index contributed by atoms with van der Waals surface area (Å²) in [5.41, 5.74) is 4.10. The average molecular weight is 213 g/mol. The van der Waals surface area contributed by atoms with Gasteiger partial charge in [-0.15, -0.1) is 0 Å². The smallest absolute Gasteiger partial charge is 0.0859 e. The van der Waals surface area contributed by atoms with E-state index in [1.54, 1.807) is 6.20 Å². The number of nitrogens with zero attached hydrogens (tertiary/aromatic N) is 3. The fourth-order valence-corrected chi connectivity index (χ4v) is 1.60. The Hall–Kier alpha value is -1.90. The van der Waals surface area contributed by atoms with Gasteiger partial charge >= 0.3 is 0 Å². The quantitative estimate of drug-likeness (QED) is 0.705. The van der Waals surface area contributed by atoms with Crippen molar-refractivity contribution in [3.63, 3.8) is 0 Å². The van der Waals surface area contributed by atoms with Crippen molar-refractivity contribution in [3.8, 4) is 0 Å². The molecule has 0 fully saturated rings. The fourth-order valence-electron chi connectivity index (χ4n) is 1.60. The van der Waals surface area contributed by atoms with Crippen LogP contribution in [-0.4, -0.2) is 15.4 Å². The first-order valence-electron chi connectivity index (χ1n) is 5.30. The Morgan fingerprint density at radius 1 is 1.12 bits per heavy atom. The predicted molar refractivity (Wildman–Crippen MR) is 65.8 cm³/mol. The highest BCUT2D eigenvalue weighted by Crippen LogP contribution is 2.08. The number of rotatable bonds is 2. The highest BCUT2D eigenvalue weighted by atomic mass is 15.4. The Bertz CT molecular complexity index is 490. The van der Waals surface area contributed by atoms with E-state index in [-0.39, 0.29) is 0 Å². The Kier molecular flexibility index (Phi) is 2.86. The van der Waals surface area contributed by atoms with Gasteiger partial charge in [-0.25, -0.2) is 4.68 Å². The van der Waals surface area contributed by atoms with Crippen LogP contribution in [0.5, 0.6) is 0 Å². The van der Waals surface area contributed by atoms with E-state index < -0.39 is 0 Å². The molecular weight excluding hydrogens is 198 g/mol. The standard InChI is InChI=1S/C13H15N3/c1-10-7-8-11(2)16(10)15-12(3)13-6-4-5-9-14-13/h4-9H,1-3H3/b15-12-. The molecule has 0 aliphatic heterocycles. The lowest BCUT2D eigenvalue weighted by Gasteiger charge is -2.04. The van der Waals surface area contributed by atoms with Crippen molar-refractivity contribution < 1.29 is 0 Å². The molecule has 0 aliphatic rings. The second-order valence-electron chi connectivity index (χ2n) is 3.83. The fraction of sp³-hybridized carbons (Fsp3) is 0.231. The van der Waals surface area contributed by atoms with Crippen molar-refractivity contribution in [3.05, 3.63) is 53.6 Å². The zero-order valence-corrected chi connectivity index (χ0v) is 9.81. The van der Waals surface area contributed by atoms with E-state index in [4.69, 9.17) is 0 Å². The van der Waals surface area contributed by atoms with E-state index in [9.17, 15) is 0 Å². The predicted octanol–water partition coefficient (Wildman–Crippen LogP) is 2.77. The molecule has 2 aromatic rings. The minimum absolute atomic E-state index is 0.912. The van der Waals surface area contributed by atoms with Gasteiger partial charge in [-0.1, -0.05) is 6.07 Å². The Labute approximate surface area is 95.5 Å². The summed E-state index contributed by atoms with van der Waals surface area (Å²) < 4.78 is 1.93. The van der Waals surface area contributed by atoms with Gasteiger partial charge in [-0.3, -0.25) is 4.98 Å². The van der Waals surface area contributed by atoms with Crippen molar-refractivity contribution in [2.75, 3.05) is 0 Å². The molecule has 2 heterocycles. The van der Waals surface area contributed by atoms with Gasteiger partial charge in [-0.2, -0.15) is 5.10 Å². The highest BCUT2D eigenvalue weighted by molar-refractivity contribution is 5.96. The third-order valence-corrected chi connectivity index (χ3v) is 2.52. The van der Waals surface area contributed by atoms with Gasteiger partial charge in [0.1, 0.15) is 0 Å². The number of hydrogen-bond acceptors (Lipinski definition) is 2. The number of aromatic nitrogens is 2. The molecular formula is C13H15N3. The number of pyridine rings is 1. The molecule has 0 unspecified atom stereocenters. The Balaban J connectivity index is 2.39. The molecule has 2 aromatic heterocycles. The average Bonchev–Trinajstić information content (AvgIpc) is 2.62. The maximum atomic E-state index is 4.56. The molecule has 0 N–H and O–H groups in total. The SMILES string of the molecule is C/C(=N/n1c(C)ccc1C)c1ccccn1. The summed E-state index contributed by atoms with van der Waals surface area (Å²) in [6, 6.07) is 9.96. The topological polar surface area (TPSA) is 30.2 Å². The van der Waals surface area contributed by atoms with Crippen LogP contribution in [0.15, 0.2) is 41.6 Å². The Morgan fingerprint density at radius 2 is 1.81 bits per heavy atom. The molecule has 0 saturated carbocycles. The first kappa shape index (κ1) is 10.6. The van der Waals surface area contributed by atoms with Crippen molar-refractivity contribution in [1.29, 1.82) is 0 Å². The van der Waals surface area contributed by atoms with Crippen LogP contribution in [0, 0.1) is 13.8 Å². The normalized spacial score (nSPS) is 11.8. The second-order valence-corrected chi connectivity index (χ2v) is 3.83. The van der Waals surface area contributed by atoms with Gasteiger partial charge in [-0.05, 0) is 45.0 Å². The summed E-state index contributed by atoms with van der Waals surface area (Å²) in [6.07, 6.45) is 1.78. The molecule has 0 spiro atoms. The molecule has 0 saturated heterocycles. The van der Waals surface area contributed by atoms with Crippen molar-refractivity contribution >= 4 is 5.71 Å². The van der Waals surface area contributed by atoms with Gasteiger partial charge in [0.25, 0.3) is 0 Å². The third kappa shape index (κ3) is 2.03. The van der Waals surface area contributed by atoms with E-state index in [2.05, 4.69) is 22.2 Å². The summed E-state index contributed by atoms with van der Waals surface area (Å²) in [5, 5.41) is 4.56.